The normalized spacial score (nSPS) is 10.9. The van der Waals surface area contributed by atoms with Crippen LogP contribution in [0.2, 0.25) is 0 Å². The second kappa shape index (κ2) is 7.25. The molecule has 1 amide bonds. The first kappa shape index (κ1) is 16.8. The molecule has 0 aliphatic heterocycles. The molecule has 0 unspecified atom stereocenters. The number of amides is 1. The van der Waals surface area contributed by atoms with Gasteiger partial charge in [0.05, 0.1) is 18.1 Å². The summed E-state index contributed by atoms with van der Waals surface area (Å²) in [6.07, 6.45) is 0. The van der Waals surface area contributed by atoms with Crippen LogP contribution in [0.5, 0.6) is 11.5 Å². The van der Waals surface area contributed by atoms with Crippen LogP contribution in [0.3, 0.4) is 0 Å². The Hall–Kier alpha value is -3.02. The van der Waals surface area contributed by atoms with E-state index in [-0.39, 0.29) is 12.5 Å². The lowest BCUT2D eigenvalue weighted by molar-refractivity contribution is -0.118. The number of ether oxygens (including phenoxy) is 2. The zero-order chi connectivity index (χ0) is 17.8. The Labute approximate surface area is 146 Å². The number of nitrogens with zero attached hydrogens (tertiary/aromatic N) is 1. The number of carbonyl (C=O) groups excluding carboxylic acids is 1. The number of fused-ring (bicyclic) bond motifs is 1. The number of rotatable bonds is 6. The zero-order valence-corrected chi connectivity index (χ0v) is 14.5. The van der Waals surface area contributed by atoms with Gasteiger partial charge in [-0.25, -0.2) is 4.98 Å². The number of methoxy groups -OCH3 is 1. The minimum atomic E-state index is -0.242. The van der Waals surface area contributed by atoms with Crippen LogP contribution in [0, 0.1) is 0 Å². The summed E-state index contributed by atoms with van der Waals surface area (Å²) in [7, 11) is 1.56. The number of aromatic nitrogens is 2. The highest BCUT2D eigenvalue weighted by Gasteiger charge is 2.10. The third-order valence-electron chi connectivity index (χ3n) is 3.76. The van der Waals surface area contributed by atoms with Crippen LogP contribution >= 0.6 is 0 Å². The van der Waals surface area contributed by atoms with Crippen molar-refractivity contribution in [1.29, 1.82) is 0 Å². The van der Waals surface area contributed by atoms with E-state index in [9.17, 15) is 4.79 Å². The molecule has 1 heterocycles. The lowest BCUT2D eigenvalue weighted by Gasteiger charge is -2.10. The Morgan fingerprint density at radius 3 is 2.68 bits per heavy atom. The van der Waals surface area contributed by atoms with E-state index in [1.54, 1.807) is 19.2 Å². The van der Waals surface area contributed by atoms with Crippen molar-refractivity contribution in [2.45, 2.75) is 19.8 Å². The van der Waals surface area contributed by atoms with Gasteiger partial charge in [-0.05, 0) is 30.3 Å². The topological polar surface area (TPSA) is 76.2 Å². The van der Waals surface area contributed by atoms with Crippen molar-refractivity contribution >= 4 is 22.6 Å². The average molecular weight is 339 g/mol. The van der Waals surface area contributed by atoms with E-state index in [1.807, 2.05) is 30.3 Å². The first-order valence-electron chi connectivity index (χ1n) is 8.12. The van der Waals surface area contributed by atoms with E-state index in [0.717, 1.165) is 16.9 Å². The predicted octanol–water partition coefficient (Wildman–Crippen LogP) is 3.71. The number of aromatic amines is 1. The maximum atomic E-state index is 12.1. The van der Waals surface area contributed by atoms with Gasteiger partial charge in [0, 0.05) is 11.6 Å². The molecular weight excluding hydrogens is 318 g/mol. The summed E-state index contributed by atoms with van der Waals surface area (Å²) in [6, 6.07) is 12.8. The van der Waals surface area contributed by atoms with Crippen LogP contribution in [0.15, 0.2) is 42.5 Å². The van der Waals surface area contributed by atoms with Crippen LogP contribution in [0.25, 0.3) is 11.0 Å². The van der Waals surface area contributed by atoms with Gasteiger partial charge in [-0.15, -0.1) is 0 Å². The van der Waals surface area contributed by atoms with E-state index >= 15 is 0 Å². The molecule has 0 aliphatic carbocycles. The summed E-state index contributed by atoms with van der Waals surface area (Å²) < 4.78 is 10.7. The number of hydrogen-bond donors (Lipinski definition) is 2. The van der Waals surface area contributed by atoms with E-state index < -0.39 is 0 Å². The van der Waals surface area contributed by atoms with Crippen LogP contribution in [0.1, 0.15) is 25.6 Å². The van der Waals surface area contributed by atoms with Crippen molar-refractivity contribution < 1.29 is 14.3 Å². The minimum Gasteiger partial charge on any atom is -0.493 e. The Bertz CT molecular complexity index is 887. The molecule has 3 rings (SSSR count). The molecule has 0 fully saturated rings. The highest BCUT2D eigenvalue weighted by molar-refractivity contribution is 5.94. The zero-order valence-electron chi connectivity index (χ0n) is 14.5. The first-order valence-corrected chi connectivity index (χ1v) is 8.12. The Kier molecular flexibility index (Phi) is 4.88. The lowest BCUT2D eigenvalue weighted by Crippen LogP contribution is -2.20. The van der Waals surface area contributed by atoms with Crippen LogP contribution < -0.4 is 14.8 Å². The van der Waals surface area contributed by atoms with Gasteiger partial charge in [-0.1, -0.05) is 26.0 Å². The van der Waals surface area contributed by atoms with Crippen molar-refractivity contribution in [3.8, 4) is 11.5 Å². The molecule has 2 aromatic carbocycles. The van der Waals surface area contributed by atoms with E-state index in [4.69, 9.17) is 9.47 Å². The van der Waals surface area contributed by atoms with Gasteiger partial charge in [0.1, 0.15) is 5.82 Å². The van der Waals surface area contributed by atoms with Gasteiger partial charge in [-0.3, -0.25) is 4.79 Å². The third-order valence-corrected chi connectivity index (χ3v) is 3.76. The monoisotopic (exact) mass is 339 g/mol. The molecule has 0 radical (unpaired) electrons. The molecule has 2 N–H and O–H groups in total. The summed E-state index contributed by atoms with van der Waals surface area (Å²) >= 11 is 0. The second-order valence-corrected chi connectivity index (χ2v) is 6.00. The van der Waals surface area contributed by atoms with Gasteiger partial charge in [0.25, 0.3) is 5.91 Å². The fourth-order valence-electron chi connectivity index (χ4n) is 2.46. The van der Waals surface area contributed by atoms with Gasteiger partial charge >= 0.3 is 0 Å². The minimum absolute atomic E-state index is 0.0986. The van der Waals surface area contributed by atoms with Crippen molar-refractivity contribution in [3.63, 3.8) is 0 Å². The second-order valence-electron chi connectivity index (χ2n) is 6.00. The summed E-state index contributed by atoms with van der Waals surface area (Å²) in [5, 5.41) is 2.83. The van der Waals surface area contributed by atoms with Gasteiger partial charge in [0.2, 0.25) is 0 Å². The molecule has 25 heavy (non-hydrogen) atoms. The maximum Gasteiger partial charge on any atom is 0.262 e. The maximum absolute atomic E-state index is 12.1. The number of para-hydroxylation sites is 2. The fourth-order valence-corrected chi connectivity index (χ4v) is 2.46. The average Bonchev–Trinajstić information content (AvgIpc) is 3.04. The van der Waals surface area contributed by atoms with E-state index in [2.05, 4.69) is 29.1 Å². The van der Waals surface area contributed by atoms with Crippen LogP contribution in [0.4, 0.5) is 5.69 Å². The van der Waals surface area contributed by atoms with Gasteiger partial charge in [-0.2, -0.15) is 0 Å². The number of imidazole rings is 1. The number of nitrogens with one attached hydrogen (secondary N) is 2. The predicted molar refractivity (Wildman–Crippen MR) is 97.3 cm³/mol. The molecule has 0 saturated heterocycles. The first-order chi connectivity index (χ1) is 12.1. The molecule has 0 bridgehead atoms. The van der Waals surface area contributed by atoms with Crippen LogP contribution in [-0.4, -0.2) is 29.6 Å². The smallest absolute Gasteiger partial charge is 0.262 e. The van der Waals surface area contributed by atoms with Crippen molar-refractivity contribution in [2.24, 2.45) is 0 Å². The molecule has 1 aromatic heterocycles. The van der Waals surface area contributed by atoms with E-state index in [0.29, 0.717) is 23.1 Å². The molecule has 6 heteroatoms. The van der Waals surface area contributed by atoms with Crippen molar-refractivity contribution in [1.82, 2.24) is 9.97 Å². The highest BCUT2D eigenvalue weighted by Crippen LogP contribution is 2.25. The molecule has 0 atom stereocenters. The summed E-state index contributed by atoms with van der Waals surface area (Å²) in [6.45, 7) is 4.06. The molecule has 0 saturated carbocycles. The Morgan fingerprint density at radius 2 is 1.96 bits per heavy atom. The van der Waals surface area contributed by atoms with Crippen molar-refractivity contribution in [3.05, 3.63) is 48.3 Å². The Balaban J connectivity index is 1.65. The summed E-state index contributed by atoms with van der Waals surface area (Å²) in [5.74, 6) is 2.13. The molecule has 0 spiro atoms. The summed E-state index contributed by atoms with van der Waals surface area (Å²) in [4.78, 5) is 19.9. The number of anilines is 1. The number of H-pyrrole nitrogens is 1. The number of hydrogen-bond acceptors (Lipinski definition) is 4. The number of carbonyl (C=O) groups is 1. The van der Waals surface area contributed by atoms with Crippen molar-refractivity contribution in [2.75, 3.05) is 19.0 Å². The fraction of sp³-hybridized carbons (Fsp3) is 0.263. The Morgan fingerprint density at radius 1 is 1.20 bits per heavy atom. The third kappa shape index (κ3) is 3.91. The van der Waals surface area contributed by atoms with E-state index in [1.165, 1.54) is 0 Å². The lowest BCUT2D eigenvalue weighted by atomic mass is 10.2. The molecule has 6 nitrogen and oxygen atoms in total. The standard InChI is InChI=1S/C19H21N3O3/c1-12(2)19-21-14-9-8-13(10-15(14)22-19)20-18(23)11-25-17-7-5-4-6-16(17)24-3/h4-10,12H,11H2,1-3H3,(H,20,23)(H,21,22). The largest absolute Gasteiger partial charge is 0.493 e. The molecule has 0 aliphatic rings. The quantitative estimate of drug-likeness (QED) is 0.718. The molecule has 3 aromatic rings. The highest BCUT2D eigenvalue weighted by atomic mass is 16.5. The SMILES string of the molecule is COc1ccccc1OCC(=O)Nc1ccc2nc(C(C)C)[nH]c2c1. The molecular formula is C19H21N3O3. The van der Waals surface area contributed by atoms with Gasteiger partial charge < -0.3 is 19.8 Å². The van der Waals surface area contributed by atoms with Crippen LogP contribution in [-0.2, 0) is 4.79 Å². The van der Waals surface area contributed by atoms with Gasteiger partial charge in [0.15, 0.2) is 18.1 Å². The molecule has 130 valence electrons. The summed E-state index contributed by atoms with van der Waals surface area (Å²) in [5.41, 5.74) is 2.47. The number of benzene rings is 2.